The number of nitrogens with two attached hydrogens (primary N) is 1. The second-order valence-electron chi connectivity index (χ2n) is 3.44. The minimum atomic E-state index is 0.0152. The molecule has 2 rings (SSSR count). The van der Waals surface area contributed by atoms with Gasteiger partial charge in [-0.25, -0.2) is 0 Å². The van der Waals surface area contributed by atoms with Gasteiger partial charge in [-0.1, -0.05) is 12.1 Å². The first-order valence-corrected chi connectivity index (χ1v) is 5.76. The summed E-state index contributed by atoms with van der Waals surface area (Å²) in [4.78, 5) is 3.93. The normalized spacial score (nSPS) is 10.2. The molecule has 0 spiro atoms. The zero-order chi connectivity index (χ0) is 12.3. The third kappa shape index (κ3) is 2.75. The highest BCUT2D eigenvalue weighted by Gasteiger charge is 2.07. The summed E-state index contributed by atoms with van der Waals surface area (Å²) in [7, 11) is 0. The third-order valence-corrected chi connectivity index (χ3v) is 2.77. The van der Waals surface area contributed by atoms with Gasteiger partial charge in [-0.15, -0.1) is 0 Å². The molecule has 0 radical (unpaired) electrons. The maximum atomic E-state index is 8.93. The summed E-state index contributed by atoms with van der Waals surface area (Å²) < 4.78 is 6.34. The van der Waals surface area contributed by atoms with E-state index in [-0.39, 0.29) is 6.61 Å². The van der Waals surface area contributed by atoms with E-state index in [0.29, 0.717) is 21.7 Å². The summed E-state index contributed by atoms with van der Waals surface area (Å²) in [5.74, 6) is 1.19. The fourth-order valence-corrected chi connectivity index (χ4v) is 1.75. The minimum Gasteiger partial charge on any atom is -0.454 e. The fourth-order valence-electron chi connectivity index (χ4n) is 1.33. The first-order valence-electron chi connectivity index (χ1n) is 4.97. The zero-order valence-electron chi connectivity index (χ0n) is 8.93. The van der Waals surface area contributed by atoms with Gasteiger partial charge in [-0.3, -0.25) is 4.98 Å². The Labute approximate surface area is 107 Å². The zero-order valence-corrected chi connectivity index (χ0v) is 10.5. The number of anilines is 1. The van der Waals surface area contributed by atoms with Gasteiger partial charge >= 0.3 is 0 Å². The van der Waals surface area contributed by atoms with E-state index in [0.717, 1.165) is 5.56 Å². The lowest BCUT2D eigenvalue weighted by molar-refractivity contribution is 0.281. The van der Waals surface area contributed by atoms with Gasteiger partial charge in [0.2, 0.25) is 0 Å². The van der Waals surface area contributed by atoms with Crippen molar-refractivity contribution in [3.63, 3.8) is 0 Å². The van der Waals surface area contributed by atoms with Crippen LogP contribution in [0.25, 0.3) is 0 Å². The molecule has 1 aromatic carbocycles. The lowest BCUT2D eigenvalue weighted by Gasteiger charge is -2.09. The summed E-state index contributed by atoms with van der Waals surface area (Å²) in [6, 6.07) is 7.14. The highest BCUT2D eigenvalue weighted by atomic mass is 79.9. The summed E-state index contributed by atoms with van der Waals surface area (Å²) in [5.41, 5.74) is 7.06. The Morgan fingerprint density at radius 2 is 1.94 bits per heavy atom. The van der Waals surface area contributed by atoms with Crippen molar-refractivity contribution in [2.45, 2.75) is 6.61 Å². The van der Waals surface area contributed by atoms with Crippen molar-refractivity contribution < 1.29 is 9.84 Å². The van der Waals surface area contributed by atoms with Crippen LogP contribution >= 0.6 is 15.9 Å². The molecular weight excluding hydrogens is 284 g/mol. The largest absolute Gasteiger partial charge is 0.454 e. The Morgan fingerprint density at radius 3 is 2.53 bits per heavy atom. The van der Waals surface area contributed by atoms with Gasteiger partial charge in [0.15, 0.2) is 5.75 Å². The second-order valence-corrected chi connectivity index (χ2v) is 4.30. The van der Waals surface area contributed by atoms with Crippen LogP contribution in [0.3, 0.4) is 0 Å². The molecule has 0 amide bonds. The van der Waals surface area contributed by atoms with Crippen LogP contribution in [0.2, 0.25) is 0 Å². The van der Waals surface area contributed by atoms with Crippen LogP contribution in [-0.4, -0.2) is 10.1 Å². The van der Waals surface area contributed by atoms with E-state index >= 15 is 0 Å². The van der Waals surface area contributed by atoms with E-state index in [4.69, 9.17) is 15.6 Å². The highest BCUT2D eigenvalue weighted by molar-refractivity contribution is 9.10. The number of ether oxygens (including phenoxy) is 1. The molecule has 88 valence electrons. The van der Waals surface area contributed by atoms with Gasteiger partial charge in [-0.2, -0.15) is 0 Å². The molecule has 0 aliphatic carbocycles. The van der Waals surface area contributed by atoms with Crippen LogP contribution in [0.1, 0.15) is 5.56 Å². The number of nitrogens with zero attached hydrogens (tertiary/aromatic N) is 1. The number of pyridine rings is 1. The molecule has 17 heavy (non-hydrogen) atoms. The molecule has 0 saturated carbocycles. The van der Waals surface area contributed by atoms with Crippen LogP contribution in [0.15, 0.2) is 41.1 Å². The minimum absolute atomic E-state index is 0.0152. The van der Waals surface area contributed by atoms with Crippen LogP contribution < -0.4 is 10.5 Å². The van der Waals surface area contributed by atoms with E-state index in [1.165, 1.54) is 6.20 Å². The molecule has 0 bridgehead atoms. The smallest absolute Gasteiger partial charge is 0.167 e. The lowest BCUT2D eigenvalue weighted by atomic mass is 10.2. The summed E-state index contributed by atoms with van der Waals surface area (Å²) in [6.07, 6.45) is 3.15. The van der Waals surface area contributed by atoms with Crippen molar-refractivity contribution >= 4 is 21.6 Å². The average Bonchev–Trinajstić information content (AvgIpc) is 2.35. The Balaban J connectivity index is 2.25. The summed E-state index contributed by atoms with van der Waals surface area (Å²) in [5, 5.41) is 8.93. The number of aromatic nitrogens is 1. The molecule has 1 heterocycles. The van der Waals surface area contributed by atoms with E-state index in [9.17, 15) is 0 Å². The van der Waals surface area contributed by atoms with E-state index in [2.05, 4.69) is 20.9 Å². The van der Waals surface area contributed by atoms with E-state index in [1.54, 1.807) is 30.5 Å². The molecular formula is C12H11BrN2O2. The Kier molecular flexibility index (Phi) is 3.61. The van der Waals surface area contributed by atoms with Crippen molar-refractivity contribution in [1.82, 2.24) is 4.98 Å². The number of halogens is 1. The SMILES string of the molecule is Nc1cncc(Br)c1Oc1ccc(CO)cc1. The predicted molar refractivity (Wildman–Crippen MR) is 68.8 cm³/mol. The second kappa shape index (κ2) is 5.16. The predicted octanol–water partition coefficient (Wildman–Crippen LogP) is 2.71. The lowest BCUT2D eigenvalue weighted by Crippen LogP contribution is -1.94. The Bertz CT molecular complexity index is 494. The molecule has 2 aromatic rings. The molecule has 0 aliphatic heterocycles. The van der Waals surface area contributed by atoms with Crippen LogP contribution in [0.5, 0.6) is 11.5 Å². The monoisotopic (exact) mass is 294 g/mol. The average molecular weight is 295 g/mol. The molecule has 0 saturated heterocycles. The van der Waals surface area contributed by atoms with Gasteiger partial charge in [0.1, 0.15) is 5.75 Å². The van der Waals surface area contributed by atoms with Crippen molar-refractivity contribution in [3.8, 4) is 11.5 Å². The molecule has 0 unspecified atom stereocenters. The van der Waals surface area contributed by atoms with E-state index in [1.807, 2.05) is 0 Å². The first kappa shape index (κ1) is 11.9. The molecule has 3 N–H and O–H groups in total. The molecule has 0 fully saturated rings. The standard InChI is InChI=1S/C12H11BrN2O2/c13-10-5-15-6-11(14)12(10)17-9-3-1-8(7-16)2-4-9/h1-6,16H,7,14H2. The van der Waals surface area contributed by atoms with Gasteiger partial charge in [0, 0.05) is 6.20 Å². The van der Waals surface area contributed by atoms with Crippen LogP contribution in [0, 0.1) is 0 Å². The van der Waals surface area contributed by atoms with Crippen LogP contribution in [-0.2, 0) is 6.61 Å². The Morgan fingerprint density at radius 1 is 1.24 bits per heavy atom. The van der Waals surface area contributed by atoms with Crippen molar-refractivity contribution in [3.05, 3.63) is 46.7 Å². The summed E-state index contributed by atoms with van der Waals surface area (Å²) >= 11 is 3.33. The number of hydrogen-bond donors (Lipinski definition) is 2. The van der Waals surface area contributed by atoms with Gasteiger partial charge < -0.3 is 15.6 Å². The van der Waals surface area contributed by atoms with E-state index < -0.39 is 0 Å². The Hall–Kier alpha value is -1.59. The number of aliphatic hydroxyl groups is 1. The number of nitrogen functional groups attached to an aromatic ring is 1. The van der Waals surface area contributed by atoms with Crippen molar-refractivity contribution in [2.75, 3.05) is 5.73 Å². The summed E-state index contributed by atoms with van der Waals surface area (Å²) in [6.45, 7) is 0.0152. The molecule has 0 atom stereocenters. The van der Waals surface area contributed by atoms with Crippen LogP contribution in [0.4, 0.5) is 5.69 Å². The third-order valence-electron chi connectivity index (χ3n) is 2.21. The topological polar surface area (TPSA) is 68.4 Å². The highest BCUT2D eigenvalue weighted by Crippen LogP contribution is 2.33. The quantitative estimate of drug-likeness (QED) is 0.913. The van der Waals surface area contributed by atoms with Crippen molar-refractivity contribution in [2.24, 2.45) is 0 Å². The number of rotatable bonds is 3. The molecule has 4 nitrogen and oxygen atoms in total. The van der Waals surface area contributed by atoms with Gasteiger partial charge in [0.25, 0.3) is 0 Å². The molecule has 0 aliphatic rings. The van der Waals surface area contributed by atoms with Gasteiger partial charge in [-0.05, 0) is 33.6 Å². The van der Waals surface area contributed by atoms with Crippen molar-refractivity contribution in [1.29, 1.82) is 0 Å². The number of benzene rings is 1. The maximum absolute atomic E-state index is 8.93. The van der Waals surface area contributed by atoms with Gasteiger partial charge in [0.05, 0.1) is 23.0 Å². The molecule has 5 heteroatoms. The maximum Gasteiger partial charge on any atom is 0.167 e. The number of hydrogen-bond acceptors (Lipinski definition) is 4. The first-order chi connectivity index (χ1) is 8.20. The fraction of sp³-hybridized carbons (Fsp3) is 0.0833. The number of aliphatic hydroxyl groups excluding tert-OH is 1. The molecule has 1 aromatic heterocycles.